The van der Waals surface area contributed by atoms with Crippen LogP contribution in [-0.2, 0) is 4.79 Å². The van der Waals surface area contributed by atoms with Gasteiger partial charge in [-0.25, -0.2) is 0 Å². The summed E-state index contributed by atoms with van der Waals surface area (Å²) < 4.78 is 0. The lowest BCUT2D eigenvalue weighted by Gasteiger charge is -2.18. The minimum absolute atomic E-state index is 0.0948. The van der Waals surface area contributed by atoms with E-state index in [1.807, 2.05) is 35.2 Å². The maximum atomic E-state index is 12.0. The van der Waals surface area contributed by atoms with Gasteiger partial charge in [0.1, 0.15) is 0 Å². The molecule has 1 heterocycles. The van der Waals surface area contributed by atoms with Crippen molar-refractivity contribution in [3.8, 4) is 0 Å². The number of nitrogens with two attached hydrogens (primary N) is 1. The molecule has 1 aromatic carbocycles. The summed E-state index contributed by atoms with van der Waals surface area (Å²) in [5.41, 5.74) is 7.60. The highest BCUT2D eigenvalue weighted by Crippen LogP contribution is 2.28. The summed E-state index contributed by atoms with van der Waals surface area (Å²) in [7, 11) is 0. The predicted molar refractivity (Wildman–Crippen MR) is 74.9 cm³/mol. The molecule has 1 aromatic rings. The zero-order valence-electron chi connectivity index (χ0n) is 11.0. The van der Waals surface area contributed by atoms with E-state index in [1.54, 1.807) is 6.08 Å². The lowest BCUT2D eigenvalue weighted by Crippen LogP contribution is -2.28. The van der Waals surface area contributed by atoms with Gasteiger partial charge in [0.2, 0.25) is 5.91 Å². The van der Waals surface area contributed by atoms with E-state index < -0.39 is 0 Å². The highest BCUT2D eigenvalue weighted by atomic mass is 16.2. The Morgan fingerprint density at radius 2 is 2.00 bits per heavy atom. The first-order chi connectivity index (χ1) is 8.46. The van der Waals surface area contributed by atoms with Crippen molar-refractivity contribution in [2.45, 2.75) is 20.3 Å². The smallest absolute Gasteiger partial charge is 0.246 e. The van der Waals surface area contributed by atoms with Crippen LogP contribution in [0.2, 0.25) is 0 Å². The number of anilines is 1. The number of nitrogen functional groups attached to an aromatic ring is 1. The van der Waals surface area contributed by atoms with Crippen molar-refractivity contribution in [1.29, 1.82) is 0 Å². The second-order valence-electron chi connectivity index (χ2n) is 5.67. The van der Waals surface area contributed by atoms with Gasteiger partial charge in [-0.1, -0.05) is 26.0 Å². The Morgan fingerprint density at radius 1 is 1.33 bits per heavy atom. The summed E-state index contributed by atoms with van der Waals surface area (Å²) >= 11 is 0. The van der Waals surface area contributed by atoms with Crippen molar-refractivity contribution in [1.82, 2.24) is 4.90 Å². The molecule has 1 aliphatic rings. The Bertz CT molecular complexity index is 460. The molecule has 0 radical (unpaired) electrons. The summed E-state index contributed by atoms with van der Waals surface area (Å²) in [6.45, 7) is 6.10. The second kappa shape index (κ2) is 4.84. The van der Waals surface area contributed by atoms with Gasteiger partial charge in [-0.3, -0.25) is 4.79 Å². The van der Waals surface area contributed by atoms with Gasteiger partial charge >= 0.3 is 0 Å². The Labute approximate surface area is 108 Å². The molecule has 1 amide bonds. The van der Waals surface area contributed by atoms with Crippen molar-refractivity contribution in [3.63, 3.8) is 0 Å². The van der Waals surface area contributed by atoms with Gasteiger partial charge in [-0.15, -0.1) is 0 Å². The van der Waals surface area contributed by atoms with Gasteiger partial charge in [0.25, 0.3) is 0 Å². The van der Waals surface area contributed by atoms with Crippen LogP contribution in [-0.4, -0.2) is 23.9 Å². The molecule has 0 saturated carbocycles. The number of nitrogens with zero attached hydrogens (tertiary/aromatic N) is 1. The molecular formula is C15H20N2O. The maximum absolute atomic E-state index is 12.0. The third kappa shape index (κ3) is 3.13. The van der Waals surface area contributed by atoms with Crippen LogP contribution in [0.4, 0.5) is 5.69 Å². The van der Waals surface area contributed by atoms with Gasteiger partial charge in [-0.2, -0.15) is 0 Å². The molecule has 1 saturated heterocycles. The lowest BCUT2D eigenvalue weighted by molar-refractivity contribution is -0.125. The Balaban J connectivity index is 1.97. The molecule has 0 aromatic heterocycles. The largest absolute Gasteiger partial charge is 0.399 e. The standard InChI is InChI=1S/C15H20N2O/c1-15(2)9-10-17(11-15)14(18)8-5-12-3-6-13(16)7-4-12/h3-8H,9-11,16H2,1-2H3/b8-5+. The maximum Gasteiger partial charge on any atom is 0.246 e. The molecule has 0 unspecified atom stereocenters. The first-order valence-electron chi connectivity index (χ1n) is 6.29. The number of amides is 1. The molecule has 0 atom stereocenters. The van der Waals surface area contributed by atoms with Crippen LogP contribution >= 0.6 is 0 Å². The zero-order valence-corrected chi connectivity index (χ0v) is 11.0. The molecule has 2 rings (SSSR count). The van der Waals surface area contributed by atoms with Crippen LogP contribution in [0.5, 0.6) is 0 Å². The quantitative estimate of drug-likeness (QED) is 0.642. The first-order valence-corrected chi connectivity index (χ1v) is 6.29. The average molecular weight is 244 g/mol. The normalized spacial score (nSPS) is 18.4. The van der Waals surface area contributed by atoms with E-state index >= 15 is 0 Å². The minimum Gasteiger partial charge on any atom is -0.399 e. The van der Waals surface area contributed by atoms with E-state index in [1.165, 1.54) is 0 Å². The van der Waals surface area contributed by atoms with Crippen molar-refractivity contribution in [2.24, 2.45) is 5.41 Å². The molecular weight excluding hydrogens is 224 g/mol. The van der Waals surface area contributed by atoms with Crippen molar-refractivity contribution in [3.05, 3.63) is 35.9 Å². The van der Waals surface area contributed by atoms with Gasteiger partial charge in [0.05, 0.1) is 0 Å². The topological polar surface area (TPSA) is 46.3 Å². The van der Waals surface area contributed by atoms with E-state index in [0.717, 1.165) is 30.8 Å². The van der Waals surface area contributed by atoms with Crippen molar-refractivity contribution in [2.75, 3.05) is 18.8 Å². The molecule has 0 aliphatic carbocycles. The van der Waals surface area contributed by atoms with Gasteiger partial charge in [-0.05, 0) is 35.6 Å². The molecule has 2 N–H and O–H groups in total. The summed E-state index contributed by atoms with van der Waals surface area (Å²) in [5.74, 6) is 0.0948. The number of hydrogen-bond acceptors (Lipinski definition) is 2. The lowest BCUT2D eigenvalue weighted by atomic mass is 9.93. The van der Waals surface area contributed by atoms with Crippen LogP contribution in [0.15, 0.2) is 30.3 Å². The van der Waals surface area contributed by atoms with Crippen molar-refractivity contribution < 1.29 is 4.79 Å². The summed E-state index contributed by atoms with van der Waals surface area (Å²) in [6, 6.07) is 7.49. The Hall–Kier alpha value is -1.77. The molecule has 1 fully saturated rings. The molecule has 96 valence electrons. The van der Waals surface area contributed by atoms with Crippen LogP contribution < -0.4 is 5.73 Å². The van der Waals surface area contributed by atoms with E-state index in [0.29, 0.717) is 0 Å². The molecule has 0 spiro atoms. The highest BCUT2D eigenvalue weighted by molar-refractivity contribution is 5.92. The van der Waals surface area contributed by atoms with Gasteiger partial charge in [0.15, 0.2) is 0 Å². The summed E-state index contributed by atoms with van der Waals surface area (Å²) in [6.07, 6.45) is 4.56. The van der Waals surface area contributed by atoms with Crippen LogP contribution in [0.25, 0.3) is 6.08 Å². The van der Waals surface area contributed by atoms with Crippen LogP contribution in [0.1, 0.15) is 25.8 Å². The number of rotatable bonds is 2. The fourth-order valence-corrected chi connectivity index (χ4v) is 2.18. The van der Waals surface area contributed by atoms with Crippen LogP contribution in [0.3, 0.4) is 0 Å². The zero-order chi connectivity index (χ0) is 13.2. The Morgan fingerprint density at radius 3 is 2.56 bits per heavy atom. The van der Waals surface area contributed by atoms with E-state index in [-0.39, 0.29) is 11.3 Å². The van der Waals surface area contributed by atoms with Gasteiger partial charge < -0.3 is 10.6 Å². The number of carbonyl (C=O) groups is 1. The highest BCUT2D eigenvalue weighted by Gasteiger charge is 2.30. The summed E-state index contributed by atoms with van der Waals surface area (Å²) in [4.78, 5) is 13.9. The number of likely N-dealkylation sites (tertiary alicyclic amines) is 1. The number of hydrogen-bond donors (Lipinski definition) is 1. The molecule has 0 bridgehead atoms. The SMILES string of the molecule is CC1(C)CCN(C(=O)/C=C/c2ccc(N)cc2)C1. The minimum atomic E-state index is 0.0948. The fraction of sp³-hybridized carbons (Fsp3) is 0.400. The van der Waals surface area contributed by atoms with Crippen molar-refractivity contribution >= 4 is 17.7 Å². The van der Waals surface area contributed by atoms with E-state index in [4.69, 9.17) is 5.73 Å². The molecule has 3 heteroatoms. The number of benzene rings is 1. The third-order valence-corrected chi connectivity index (χ3v) is 3.34. The monoisotopic (exact) mass is 244 g/mol. The fourth-order valence-electron chi connectivity index (χ4n) is 2.18. The Kier molecular flexibility index (Phi) is 3.41. The first kappa shape index (κ1) is 12.7. The second-order valence-corrected chi connectivity index (χ2v) is 5.67. The number of carbonyl (C=O) groups excluding carboxylic acids is 1. The van der Waals surface area contributed by atoms with Crippen LogP contribution in [0, 0.1) is 5.41 Å². The third-order valence-electron chi connectivity index (χ3n) is 3.34. The van der Waals surface area contributed by atoms with E-state index in [9.17, 15) is 4.79 Å². The molecule has 1 aliphatic heterocycles. The predicted octanol–water partition coefficient (Wildman–Crippen LogP) is 2.54. The molecule has 3 nitrogen and oxygen atoms in total. The molecule has 18 heavy (non-hydrogen) atoms. The van der Waals surface area contributed by atoms with E-state index in [2.05, 4.69) is 13.8 Å². The van der Waals surface area contributed by atoms with Gasteiger partial charge in [0, 0.05) is 24.9 Å². The average Bonchev–Trinajstić information content (AvgIpc) is 2.69. The summed E-state index contributed by atoms with van der Waals surface area (Å²) in [5, 5.41) is 0.